The minimum absolute atomic E-state index is 0.253. The highest BCUT2D eigenvalue weighted by Crippen LogP contribution is 2.26. The van der Waals surface area contributed by atoms with Crippen LogP contribution in [0.1, 0.15) is 5.69 Å². The highest BCUT2D eigenvalue weighted by Gasteiger charge is 2.07. The number of para-hydroxylation sites is 2. The van der Waals surface area contributed by atoms with Gasteiger partial charge in [-0.1, -0.05) is 12.1 Å². The number of aromatic amines is 1. The molecule has 84 valence electrons. The van der Waals surface area contributed by atoms with Gasteiger partial charge in [0.05, 0.1) is 7.11 Å². The third-order valence-electron chi connectivity index (χ3n) is 2.08. The molecule has 0 bridgehead atoms. The van der Waals surface area contributed by atoms with E-state index in [4.69, 9.17) is 15.2 Å². The van der Waals surface area contributed by atoms with Crippen LogP contribution in [0.25, 0.3) is 0 Å². The van der Waals surface area contributed by atoms with Crippen molar-refractivity contribution in [3.63, 3.8) is 0 Å². The van der Waals surface area contributed by atoms with Crippen molar-refractivity contribution >= 4 is 5.82 Å². The zero-order valence-corrected chi connectivity index (χ0v) is 8.80. The van der Waals surface area contributed by atoms with Crippen LogP contribution in [-0.4, -0.2) is 22.5 Å². The zero-order valence-electron chi connectivity index (χ0n) is 8.80. The fraction of sp³-hybridized carbons (Fsp3) is 0.200. The zero-order chi connectivity index (χ0) is 11.4. The highest BCUT2D eigenvalue weighted by molar-refractivity contribution is 5.40. The predicted molar refractivity (Wildman–Crippen MR) is 58.1 cm³/mol. The summed E-state index contributed by atoms with van der Waals surface area (Å²) >= 11 is 0. The van der Waals surface area contributed by atoms with Gasteiger partial charge in [0.25, 0.3) is 0 Å². The van der Waals surface area contributed by atoms with Crippen molar-refractivity contribution in [1.29, 1.82) is 0 Å². The summed E-state index contributed by atoms with van der Waals surface area (Å²) in [6, 6.07) is 7.37. The molecule has 1 heterocycles. The monoisotopic (exact) mass is 220 g/mol. The number of hydrogen-bond acceptors (Lipinski definition) is 5. The van der Waals surface area contributed by atoms with E-state index in [1.165, 1.54) is 0 Å². The number of aromatic nitrogens is 3. The lowest BCUT2D eigenvalue weighted by Gasteiger charge is -2.08. The first-order valence-corrected chi connectivity index (χ1v) is 4.72. The Labute approximate surface area is 92.4 Å². The van der Waals surface area contributed by atoms with Gasteiger partial charge in [-0.2, -0.15) is 10.3 Å². The smallest absolute Gasteiger partial charge is 0.172 e. The van der Waals surface area contributed by atoms with Gasteiger partial charge in [0.1, 0.15) is 12.3 Å². The number of nitrogens with zero attached hydrogens (tertiary/aromatic N) is 2. The first kappa shape index (κ1) is 10.3. The lowest BCUT2D eigenvalue weighted by molar-refractivity contribution is 0.281. The van der Waals surface area contributed by atoms with Gasteiger partial charge in [0.2, 0.25) is 0 Å². The molecule has 0 aliphatic carbocycles. The Morgan fingerprint density at radius 3 is 2.62 bits per heavy atom. The van der Waals surface area contributed by atoms with E-state index in [2.05, 4.69) is 15.4 Å². The fourth-order valence-corrected chi connectivity index (χ4v) is 1.25. The number of methoxy groups -OCH3 is 1. The average Bonchev–Trinajstić information content (AvgIpc) is 2.72. The average molecular weight is 220 g/mol. The van der Waals surface area contributed by atoms with Gasteiger partial charge in [-0.3, -0.25) is 0 Å². The Hall–Kier alpha value is -2.24. The molecule has 0 fully saturated rings. The number of rotatable bonds is 4. The van der Waals surface area contributed by atoms with Crippen LogP contribution in [0.2, 0.25) is 0 Å². The van der Waals surface area contributed by atoms with E-state index in [0.29, 0.717) is 23.0 Å². The minimum atomic E-state index is 0.253. The Balaban J connectivity index is 2.07. The number of benzene rings is 1. The van der Waals surface area contributed by atoms with E-state index in [0.717, 1.165) is 0 Å². The number of anilines is 1. The van der Waals surface area contributed by atoms with E-state index in [1.54, 1.807) is 7.11 Å². The second kappa shape index (κ2) is 4.52. The van der Waals surface area contributed by atoms with Gasteiger partial charge < -0.3 is 15.2 Å². The maximum atomic E-state index is 5.56. The van der Waals surface area contributed by atoms with Crippen LogP contribution >= 0.6 is 0 Å². The molecule has 2 rings (SSSR count). The van der Waals surface area contributed by atoms with E-state index in [9.17, 15) is 0 Å². The van der Waals surface area contributed by atoms with Crippen LogP contribution in [0.4, 0.5) is 5.82 Å². The molecule has 3 N–H and O–H groups in total. The van der Waals surface area contributed by atoms with Gasteiger partial charge in [-0.15, -0.1) is 5.10 Å². The number of nitrogen functional groups attached to an aromatic ring is 1. The van der Waals surface area contributed by atoms with Gasteiger partial charge in [-0.25, -0.2) is 0 Å². The Kier molecular flexibility index (Phi) is 2.90. The summed E-state index contributed by atoms with van der Waals surface area (Å²) in [6.45, 7) is 0.253. The van der Waals surface area contributed by atoms with Crippen molar-refractivity contribution in [2.24, 2.45) is 0 Å². The normalized spacial score (nSPS) is 10.1. The van der Waals surface area contributed by atoms with Gasteiger partial charge >= 0.3 is 0 Å². The summed E-state index contributed by atoms with van der Waals surface area (Å²) in [6.07, 6.45) is 0. The predicted octanol–water partition coefficient (Wildman–Crippen LogP) is 0.974. The lowest BCUT2D eigenvalue weighted by atomic mass is 10.3. The molecule has 1 aromatic heterocycles. The van der Waals surface area contributed by atoms with Crippen molar-refractivity contribution in [3.8, 4) is 11.5 Å². The van der Waals surface area contributed by atoms with Crippen molar-refractivity contribution in [2.75, 3.05) is 12.8 Å². The standard InChI is InChI=1S/C10H12N4O2/c1-15-8-4-2-3-5-9(8)16-6-7-10(11)13-14-12-7/h2-5H,6H2,1H3,(H3,11,12,13,14). The Bertz CT molecular complexity index is 469. The molecular formula is C10H12N4O2. The fourth-order valence-electron chi connectivity index (χ4n) is 1.25. The van der Waals surface area contributed by atoms with E-state index >= 15 is 0 Å². The lowest BCUT2D eigenvalue weighted by Crippen LogP contribution is -2.00. The molecule has 0 aliphatic rings. The summed E-state index contributed by atoms with van der Waals surface area (Å²) in [5.41, 5.74) is 6.13. The third-order valence-corrected chi connectivity index (χ3v) is 2.08. The Morgan fingerprint density at radius 1 is 1.25 bits per heavy atom. The molecule has 0 unspecified atom stereocenters. The topological polar surface area (TPSA) is 86.0 Å². The van der Waals surface area contributed by atoms with Gasteiger partial charge in [-0.05, 0) is 12.1 Å². The van der Waals surface area contributed by atoms with Crippen LogP contribution in [0.5, 0.6) is 11.5 Å². The largest absolute Gasteiger partial charge is 0.493 e. The van der Waals surface area contributed by atoms with Crippen LogP contribution in [-0.2, 0) is 6.61 Å². The SMILES string of the molecule is COc1ccccc1OCc1n[nH]nc1N. The summed E-state index contributed by atoms with van der Waals surface area (Å²) in [5.74, 6) is 1.66. The molecule has 0 aliphatic heterocycles. The molecule has 6 heteroatoms. The van der Waals surface area contributed by atoms with Gasteiger partial charge in [0.15, 0.2) is 17.3 Å². The number of hydrogen-bond donors (Lipinski definition) is 2. The molecule has 6 nitrogen and oxygen atoms in total. The maximum absolute atomic E-state index is 5.56. The van der Waals surface area contributed by atoms with Crippen molar-refractivity contribution in [2.45, 2.75) is 6.61 Å². The van der Waals surface area contributed by atoms with Crippen molar-refractivity contribution < 1.29 is 9.47 Å². The summed E-state index contributed by atoms with van der Waals surface area (Å²) < 4.78 is 10.7. The highest BCUT2D eigenvalue weighted by atomic mass is 16.5. The van der Waals surface area contributed by atoms with Crippen molar-refractivity contribution in [3.05, 3.63) is 30.0 Å². The molecule has 0 saturated carbocycles. The van der Waals surface area contributed by atoms with Crippen LogP contribution in [0, 0.1) is 0 Å². The third kappa shape index (κ3) is 2.05. The molecule has 0 radical (unpaired) electrons. The second-order valence-electron chi connectivity index (χ2n) is 3.10. The number of nitrogens with two attached hydrogens (primary N) is 1. The molecule has 1 aromatic carbocycles. The van der Waals surface area contributed by atoms with Crippen LogP contribution in [0.15, 0.2) is 24.3 Å². The van der Waals surface area contributed by atoms with E-state index in [1.807, 2.05) is 24.3 Å². The quantitative estimate of drug-likeness (QED) is 0.801. The summed E-state index contributed by atoms with van der Waals surface area (Å²) in [4.78, 5) is 0. The van der Waals surface area contributed by atoms with Gasteiger partial charge in [0, 0.05) is 0 Å². The molecule has 16 heavy (non-hydrogen) atoms. The maximum Gasteiger partial charge on any atom is 0.172 e. The molecule has 0 spiro atoms. The van der Waals surface area contributed by atoms with E-state index < -0.39 is 0 Å². The first-order valence-electron chi connectivity index (χ1n) is 4.72. The van der Waals surface area contributed by atoms with Crippen LogP contribution < -0.4 is 15.2 Å². The van der Waals surface area contributed by atoms with E-state index in [-0.39, 0.29) is 6.61 Å². The summed E-state index contributed by atoms with van der Waals surface area (Å²) in [5, 5.41) is 9.99. The first-order chi connectivity index (χ1) is 7.81. The Morgan fingerprint density at radius 2 is 2.00 bits per heavy atom. The summed E-state index contributed by atoms with van der Waals surface area (Å²) in [7, 11) is 1.59. The molecule has 0 atom stereocenters. The number of H-pyrrole nitrogens is 1. The van der Waals surface area contributed by atoms with Crippen LogP contribution in [0.3, 0.4) is 0 Å². The van der Waals surface area contributed by atoms with Crippen molar-refractivity contribution in [1.82, 2.24) is 15.4 Å². The molecule has 0 saturated heterocycles. The molecular weight excluding hydrogens is 208 g/mol. The molecule has 2 aromatic rings. The number of nitrogens with one attached hydrogen (secondary N) is 1. The second-order valence-corrected chi connectivity index (χ2v) is 3.10. The molecule has 0 amide bonds. The number of ether oxygens (including phenoxy) is 2. The minimum Gasteiger partial charge on any atom is -0.493 e.